The number of imide groups is 1. The lowest BCUT2D eigenvalue weighted by molar-refractivity contribution is -0.123. The maximum atomic E-state index is 13.2. The zero-order valence-electron chi connectivity index (χ0n) is 21.3. The van der Waals surface area contributed by atoms with Crippen molar-refractivity contribution in [3.63, 3.8) is 0 Å². The lowest BCUT2D eigenvalue weighted by Gasteiger charge is -2.18. The van der Waals surface area contributed by atoms with Crippen LogP contribution in [0.15, 0.2) is 71.6 Å². The van der Waals surface area contributed by atoms with Crippen molar-refractivity contribution in [3.05, 3.63) is 99.7 Å². The number of methoxy groups -OCH3 is 2. The fourth-order valence-electron chi connectivity index (χ4n) is 3.98. The summed E-state index contributed by atoms with van der Waals surface area (Å²) in [5.41, 5.74) is 2.77. The minimum absolute atomic E-state index is 0.0612. The quantitative estimate of drug-likeness (QED) is 0.343. The molecule has 1 aliphatic rings. The number of amides is 3. The highest BCUT2D eigenvalue weighted by molar-refractivity contribution is 8.18. The second kappa shape index (κ2) is 12.0. The Morgan fingerprint density at radius 3 is 2.39 bits per heavy atom. The maximum Gasteiger partial charge on any atom is 0.293 e. The molecule has 0 N–H and O–H groups in total. The number of likely N-dealkylation sites (N-methyl/N-ethyl adjacent to an activating group) is 1. The standard InChI is InChI=1S/C29H27FN2O5S/c1-31(14-13-19-9-12-24(36-2)25(16-19)37-3)27(33)22-6-4-5-21(15-22)17-26-28(34)32(29(35)38-26)18-20-7-10-23(30)11-8-20/h4-12,15-17H,13-14,18H2,1-3H3. The van der Waals surface area contributed by atoms with Crippen LogP contribution in [0.3, 0.4) is 0 Å². The molecule has 3 amide bonds. The van der Waals surface area contributed by atoms with Crippen molar-refractivity contribution in [3.8, 4) is 11.5 Å². The highest BCUT2D eigenvalue weighted by Gasteiger charge is 2.35. The summed E-state index contributed by atoms with van der Waals surface area (Å²) in [5.74, 6) is 0.307. The molecule has 0 spiro atoms. The number of rotatable bonds is 9. The monoisotopic (exact) mass is 534 g/mol. The van der Waals surface area contributed by atoms with Gasteiger partial charge in [0.15, 0.2) is 11.5 Å². The van der Waals surface area contributed by atoms with Gasteiger partial charge in [-0.15, -0.1) is 0 Å². The Balaban J connectivity index is 1.42. The van der Waals surface area contributed by atoms with Crippen LogP contribution in [0.1, 0.15) is 27.0 Å². The molecule has 7 nitrogen and oxygen atoms in total. The summed E-state index contributed by atoms with van der Waals surface area (Å²) in [6.07, 6.45) is 2.24. The van der Waals surface area contributed by atoms with Crippen LogP contribution in [-0.4, -0.2) is 54.7 Å². The first-order chi connectivity index (χ1) is 18.3. The smallest absolute Gasteiger partial charge is 0.293 e. The van der Waals surface area contributed by atoms with Crippen LogP contribution >= 0.6 is 11.8 Å². The summed E-state index contributed by atoms with van der Waals surface area (Å²) in [5, 5.41) is -0.396. The van der Waals surface area contributed by atoms with E-state index in [1.54, 1.807) is 68.6 Å². The van der Waals surface area contributed by atoms with Gasteiger partial charge >= 0.3 is 0 Å². The Morgan fingerprint density at radius 2 is 1.68 bits per heavy atom. The van der Waals surface area contributed by atoms with Gasteiger partial charge in [0.25, 0.3) is 17.1 Å². The largest absolute Gasteiger partial charge is 0.493 e. The van der Waals surface area contributed by atoms with Crippen LogP contribution in [0, 0.1) is 5.82 Å². The maximum absolute atomic E-state index is 13.2. The summed E-state index contributed by atoms with van der Waals surface area (Å²) >= 11 is 0.841. The fourth-order valence-corrected chi connectivity index (χ4v) is 4.81. The Labute approximate surface area is 224 Å². The lowest BCUT2D eigenvalue weighted by atomic mass is 10.1. The average Bonchev–Trinajstić information content (AvgIpc) is 3.19. The van der Waals surface area contributed by atoms with Crippen molar-refractivity contribution < 1.29 is 28.2 Å². The van der Waals surface area contributed by atoms with E-state index in [9.17, 15) is 18.8 Å². The number of benzene rings is 3. The minimum Gasteiger partial charge on any atom is -0.493 e. The highest BCUT2D eigenvalue weighted by Crippen LogP contribution is 2.33. The molecule has 0 radical (unpaired) electrons. The minimum atomic E-state index is -0.423. The van der Waals surface area contributed by atoms with Crippen LogP contribution in [-0.2, 0) is 17.8 Å². The average molecular weight is 535 g/mol. The predicted octanol–water partition coefficient (Wildman–Crippen LogP) is 5.39. The highest BCUT2D eigenvalue weighted by atomic mass is 32.2. The van der Waals surface area contributed by atoms with Gasteiger partial charge in [-0.3, -0.25) is 19.3 Å². The van der Waals surface area contributed by atoms with Crippen LogP contribution in [0.2, 0.25) is 0 Å². The molecule has 0 saturated carbocycles. The van der Waals surface area contributed by atoms with Gasteiger partial charge in [0.2, 0.25) is 0 Å². The molecule has 0 atom stereocenters. The van der Waals surface area contributed by atoms with Gasteiger partial charge in [0.1, 0.15) is 5.82 Å². The van der Waals surface area contributed by atoms with Crippen LogP contribution in [0.4, 0.5) is 9.18 Å². The fraction of sp³-hybridized carbons (Fsp3) is 0.207. The van der Waals surface area contributed by atoms with Gasteiger partial charge < -0.3 is 14.4 Å². The number of hydrogen-bond donors (Lipinski definition) is 0. The zero-order valence-corrected chi connectivity index (χ0v) is 22.1. The molecule has 9 heteroatoms. The number of hydrogen-bond acceptors (Lipinski definition) is 6. The van der Waals surface area contributed by atoms with E-state index in [-0.39, 0.29) is 23.2 Å². The van der Waals surface area contributed by atoms with Crippen LogP contribution < -0.4 is 9.47 Å². The van der Waals surface area contributed by atoms with E-state index >= 15 is 0 Å². The van der Waals surface area contributed by atoms with E-state index in [1.807, 2.05) is 18.2 Å². The molecular formula is C29H27FN2O5S. The second-order valence-electron chi connectivity index (χ2n) is 8.69. The summed E-state index contributed by atoms with van der Waals surface area (Å²) in [6.45, 7) is 0.548. The molecular weight excluding hydrogens is 507 g/mol. The summed E-state index contributed by atoms with van der Waals surface area (Å²) < 4.78 is 23.8. The van der Waals surface area contributed by atoms with Crippen molar-refractivity contribution >= 4 is 34.9 Å². The summed E-state index contributed by atoms with van der Waals surface area (Å²) in [6, 6.07) is 18.2. The van der Waals surface area contributed by atoms with Gasteiger partial charge in [-0.05, 0) is 77.3 Å². The third kappa shape index (κ3) is 6.23. The third-order valence-corrected chi connectivity index (χ3v) is 7.00. The molecule has 1 heterocycles. The number of carbonyl (C=O) groups excluding carboxylic acids is 3. The van der Waals surface area contributed by atoms with E-state index in [2.05, 4.69) is 0 Å². The molecule has 1 fully saturated rings. The molecule has 0 unspecified atom stereocenters. The third-order valence-electron chi connectivity index (χ3n) is 6.09. The van der Waals surface area contributed by atoms with Gasteiger partial charge in [0.05, 0.1) is 25.7 Å². The number of thioether (sulfide) groups is 1. The molecule has 0 bridgehead atoms. The molecule has 196 valence electrons. The lowest BCUT2D eigenvalue weighted by Crippen LogP contribution is -2.28. The summed E-state index contributed by atoms with van der Waals surface area (Å²) in [7, 11) is 4.89. The first-order valence-corrected chi connectivity index (χ1v) is 12.7. The Kier molecular flexibility index (Phi) is 8.48. The van der Waals surface area contributed by atoms with Gasteiger partial charge in [0, 0.05) is 19.2 Å². The van der Waals surface area contributed by atoms with Crippen molar-refractivity contribution in [2.75, 3.05) is 27.8 Å². The van der Waals surface area contributed by atoms with Crippen molar-refractivity contribution in [1.82, 2.24) is 9.80 Å². The Morgan fingerprint density at radius 1 is 0.974 bits per heavy atom. The molecule has 3 aromatic carbocycles. The van der Waals surface area contributed by atoms with Gasteiger partial charge in [-0.1, -0.05) is 30.3 Å². The predicted molar refractivity (Wildman–Crippen MR) is 145 cm³/mol. The molecule has 1 saturated heterocycles. The number of halogens is 1. The van der Waals surface area contributed by atoms with E-state index in [4.69, 9.17) is 9.47 Å². The van der Waals surface area contributed by atoms with E-state index < -0.39 is 11.1 Å². The number of ether oxygens (including phenoxy) is 2. The van der Waals surface area contributed by atoms with Gasteiger partial charge in [-0.25, -0.2) is 4.39 Å². The van der Waals surface area contributed by atoms with Crippen LogP contribution in [0.25, 0.3) is 6.08 Å². The van der Waals surface area contributed by atoms with Crippen molar-refractivity contribution in [2.45, 2.75) is 13.0 Å². The van der Waals surface area contributed by atoms with E-state index in [1.165, 1.54) is 12.1 Å². The SMILES string of the molecule is COc1ccc(CCN(C)C(=O)c2cccc(C=C3SC(=O)N(Cc4ccc(F)cc4)C3=O)c2)cc1OC. The first-order valence-electron chi connectivity index (χ1n) is 11.9. The first kappa shape index (κ1) is 26.9. The van der Waals surface area contributed by atoms with E-state index in [0.717, 1.165) is 22.2 Å². The topological polar surface area (TPSA) is 76.2 Å². The number of nitrogens with zero attached hydrogens (tertiary/aromatic N) is 2. The molecule has 1 aliphatic heterocycles. The Bertz CT molecular complexity index is 1390. The molecule has 3 aromatic rings. The van der Waals surface area contributed by atoms with Crippen molar-refractivity contribution in [1.29, 1.82) is 0 Å². The second-order valence-corrected chi connectivity index (χ2v) is 9.68. The molecule has 0 aliphatic carbocycles. The van der Waals surface area contributed by atoms with Crippen LogP contribution in [0.5, 0.6) is 11.5 Å². The van der Waals surface area contributed by atoms with Gasteiger partial charge in [-0.2, -0.15) is 0 Å². The zero-order chi connectivity index (χ0) is 27.2. The normalized spacial score (nSPS) is 14.2. The number of carbonyl (C=O) groups is 3. The molecule has 0 aromatic heterocycles. The molecule has 38 heavy (non-hydrogen) atoms. The molecule has 4 rings (SSSR count). The van der Waals surface area contributed by atoms with E-state index in [0.29, 0.717) is 41.2 Å². The Hall–Kier alpha value is -4.11. The summed E-state index contributed by atoms with van der Waals surface area (Å²) in [4.78, 5) is 41.4. The van der Waals surface area contributed by atoms with Crippen molar-refractivity contribution in [2.24, 2.45) is 0 Å².